The molecular weight excluding hydrogens is 234 g/mol. The highest BCUT2D eigenvalue weighted by Crippen LogP contribution is 2.15. The van der Waals surface area contributed by atoms with E-state index in [9.17, 15) is 9.59 Å². The second-order valence-corrected chi connectivity index (χ2v) is 4.80. The van der Waals surface area contributed by atoms with Gasteiger partial charge >= 0.3 is 0 Å². The number of amides is 2. The number of nitrogens with zero attached hydrogens (tertiary/aromatic N) is 1. The van der Waals surface area contributed by atoms with E-state index in [1.807, 2.05) is 6.92 Å². The van der Waals surface area contributed by atoms with E-state index in [4.69, 9.17) is 4.74 Å². The highest BCUT2D eigenvalue weighted by atomic mass is 16.5. The lowest BCUT2D eigenvalue weighted by atomic mass is 9.98. The Kier molecular flexibility index (Phi) is 4.54. The zero-order chi connectivity index (χ0) is 13.0. The Morgan fingerprint density at radius 1 is 1.44 bits per heavy atom. The average molecular weight is 255 g/mol. The van der Waals surface area contributed by atoms with Gasteiger partial charge in [-0.3, -0.25) is 9.59 Å². The Hall–Kier alpha value is -1.14. The van der Waals surface area contributed by atoms with Gasteiger partial charge in [-0.1, -0.05) is 0 Å². The lowest BCUT2D eigenvalue weighted by molar-refractivity contribution is -0.149. The van der Waals surface area contributed by atoms with Crippen molar-refractivity contribution in [3.05, 3.63) is 0 Å². The van der Waals surface area contributed by atoms with Crippen LogP contribution in [-0.2, 0) is 14.3 Å². The standard InChI is InChI=1S/C12H21N3O3/c1-2-14-12(17)10-8-18-4-3-15(10)11(16)5-9-6-13-7-9/h9-10,13H,2-8H2,1H3,(H,14,17). The van der Waals surface area contributed by atoms with Crippen molar-refractivity contribution >= 4 is 11.8 Å². The van der Waals surface area contributed by atoms with Crippen molar-refractivity contribution in [3.8, 4) is 0 Å². The predicted molar refractivity (Wildman–Crippen MR) is 66.0 cm³/mol. The number of carbonyl (C=O) groups is 2. The molecule has 0 spiro atoms. The van der Waals surface area contributed by atoms with Crippen molar-refractivity contribution in [2.24, 2.45) is 5.92 Å². The van der Waals surface area contributed by atoms with Crippen LogP contribution in [0, 0.1) is 5.92 Å². The van der Waals surface area contributed by atoms with Crippen LogP contribution >= 0.6 is 0 Å². The van der Waals surface area contributed by atoms with E-state index in [0.717, 1.165) is 13.1 Å². The summed E-state index contributed by atoms with van der Waals surface area (Å²) in [4.78, 5) is 25.7. The Labute approximate surface area is 107 Å². The number of hydrogen-bond donors (Lipinski definition) is 2. The molecule has 2 heterocycles. The molecule has 1 unspecified atom stereocenters. The molecule has 1 atom stereocenters. The Morgan fingerprint density at radius 2 is 2.22 bits per heavy atom. The smallest absolute Gasteiger partial charge is 0.245 e. The van der Waals surface area contributed by atoms with Crippen molar-refractivity contribution in [1.82, 2.24) is 15.5 Å². The maximum Gasteiger partial charge on any atom is 0.245 e. The van der Waals surface area contributed by atoms with Crippen LogP contribution in [0.3, 0.4) is 0 Å². The molecule has 6 heteroatoms. The fourth-order valence-electron chi connectivity index (χ4n) is 2.27. The van der Waals surface area contributed by atoms with Gasteiger partial charge in [0.05, 0.1) is 13.2 Å². The quantitative estimate of drug-likeness (QED) is 0.673. The molecule has 0 radical (unpaired) electrons. The molecule has 2 rings (SSSR count). The van der Waals surface area contributed by atoms with E-state index < -0.39 is 6.04 Å². The molecule has 0 aromatic heterocycles. The first-order chi connectivity index (χ1) is 8.72. The molecule has 0 saturated carbocycles. The number of likely N-dealkylation sites (N-methyl/N-ethyl adjacent to an activating group) is 1. The molecule has 18 heavy (non-hydrogen) atoms. The van der Waals surface area contributed by atoms with E-state index in [1.54, 1.807) is 4.90 Å². The van der Waals surface area contributed by atoms with Gasteiger partial charge in [-0.2, -0.15) is 0 Å². The predicted octanol–water partition coefficient (Wildman–Crippen LogP) is -1.04. The number of nitrogens with one attached hydrogen (secondary N) is 2. The summed E-state index contributed by atoms with van der Waals surface area (Å²) >= 11 is 0. The van der Waals surface area contributed by atoms with Gasteiger partial charge < -0.3 is 20.3 Å². The van der Waals surface area contributed by atoms with Crippen LogP contribution in [0.2, 0.25) is 0 Å². The second-order valence-electron chi connectivity index (χ2n) is 4.80. The van der Waals surface area contributed by atoms with Crippen LogP contribution in [0.1, 0.15) is 13.3 Å². The van der Waals surface area contributed by atoms with Gasteiger partial charge in [0.1, 0.15) is 6.04 Å². The first-order valence-corrected chi connectivity index (χ1v) is 6.58. The van der Waals surface area contributed by atoms with Crippen LogP contribution in [0.15, 0.2) is 0 Å². The van der Waals surface area contributed by atoms with Gasteiger partial charge in [-0.25, -0.2) is 0 Å². The van der Waals surface area contributed by atoms with Crippen molar-refractivity contribution in [2.75, 3.05) is 39.4 Å². The van der Waals surface area contributed by atoms with Crippen LogP contribution < -0.4 is 10.6 Å². The molecule has 0 aliphatic carbocycles. The summed E-state index contributed by atoms with van der Waals surface area (Å²) in [7, 11) is 0. The van der Waals surface area contributed by atoms with Crippen LogP contribution in [0.5, 0.6) is 0 Å². The summed E-state index contributed by atoms with van der Waals surface area (Å²) in [6, 6.07) is -0.459. The summed E-state index contributed by atoms with van der Waals surface area (Å²) < 4.78 is 5.31. The van der Waals surface area contributed by atoms with Gasteiger partial charge in [0.15, 0.2) is 0 Å². The molecule has 102 valence electrons. The zero-order valence-electron chi connectivity index (χ0n) is 10.8. The van der Waals surface area contributed by atoms with Gasteiger partial charge in [-0.15, -0.1) is 0 Å². The minimum Gasteiger partial charge on any atom is -0.377 e. The number of ether oxygens (including phenoxy) is 1. The van der Waals surface area contributed by atoms with E-state index in [0.29, 0.717) is 38.6 Å². The van der Waals surface area contributed by atoms with Gasteiger partial charge in [-0.05, 0) is 25.9 Å². The fourth-order valence-corrected chi connectivity index (χ4v) is 2.27. The molecule has 2 fully saturated rings. The lowest BCUT2D eigenvalue weighted by Gasteiger charge is -2.36. The van der Waals surface area contributed by atoms with E-state index in [2.05, 4.69) is 10.6 Å². The first-order valence-electron chi connectivity index (χ1n) is 6.58. The topological polar surface area (TPSA) is 70.7 Å². The van der Waals surface area contributed by atoms with Crippen molar-refractivity contribution < 1.29 is 14.3 Å². The molecule has 0 bridgehead atoms. The zero-order valence-corrected chi connectivity index (χ0v) is 10.8. The minimum atomic E-state index is -0.459. The molecule has 2 amide bonds. The number of carbonyl (C=O) groups excluding carboxylic acids is 2. The Morgan fingerprint density at radius 3 is 2.83 bits per heavy atom. The molecule has 2 aliphatic heterocycles. The monoisotopic (exact) mass is 255 g/mol. The van der Waals surface area contributed by atoms with E-state index in [-0.39, 0.29) is 11.8 Å². The maximum absolute atomic E-state index is 12.2. The number of hydrogen-bond acceptors (Lipinski definition) is 4. The Balaban J connectivity index is 1.93. The van der Waals surface area contributed by atoms with Gasteiger partial charge in [0, 0.05) is 19.5 Å². The average Bonchev–Trinajstić information content (AvgIpc) is 2.34. The largest absolute Gasteiger partial charge is 0.377 e. The molecule has 2 aliphatic rings. The van der Waals surface area contributed by atoms with Crippen LogP contribution in [0.25, 0.3) is 0 Å². The lowest BCUT2D eigenvalue weighted by Crippen LogP contribution is -2.57. The summed E-state index contributed by atoms with van der Waals surface area (Å²) in [6.45, 7) is 5.59. The first kappa shape index (κ1) is 13.3. The highest BCUT2D eigenvalue weighted by Gasteiger charge is 2.34. The molecule has 0 aromatic carbocycles. The summed E-state index contributed by atoms with van der Waals surface area (Å²) in [5, 5.41) is 5.91. The molecule has 6 nitrogen and oxygen atoms in total. The van der Waals surface area contributed by atoms with Crippen LogP contribution in [-0.4, -0.2) is 62.1 Å². The molecular formula is C12H21N3O3. The van der Waals surface area contributed by atoms with Gasteiger partial charge in [0.2, 0.25) is 11.8 Å². The number of rotatable bonds is 4. The Bertz CT molecular complexity index is 318. The second kappa shape index (κ2) is 6.15. The van der Waals surface area contributed by atoms with E-state index in [1.165, 1.54) is 0 Å². The molecule has 0 aromatic rings. The van der Waals surface area contributed by atoms with Crippen molar-refractivity contribution in [2.45, 2.75) is 19.4 Å². The summed E-state index contributed by atoms with van der Waals surface area (Å²) in [6.07, 6.45) is 0.531. The maximum atomic E-state index is 12.2. The van der Waals surface area contributed by atoms with Crippen LogP contribution in [0.4, 0.5) is 0 Å². The third kappa shape index (κ3) is 3.00. The summed E-state index contributed by atoms with van der Waals surface area (Å²) in [5.74, 6) is 0.383. The number of morpholine rings is 1. The fraction of sp³-hybridized carbons (Fsp3) is 0.833. The molecule has 2 saturated heterocycles. The normalized spacial score (nSPS) is 24.5. The third-order valence-corrected chi connectivity index (χ3v) is 3.43. The highest BCUT2D eigenvalue weighted by molar-refractivity contribution is 5.88. The SMILES string of the molecule is CCNC(=O)C1COCCN1C(=O)CC1CNC1. The minimum absolute atomic E-state index is 0.0704. The van der Waals surface area contributed by atoms with E-state index >= 15 is 0 Å². The van der Waals surface area contributed by atoms with Gasteiger partial charge in [0.25, 0.3) is 0 Å². The van der Waals surface area contributed by atoms with Crippen molar-refractivity contribution in [1.29, 1.82) is 0 Å². The third-order valence-electron chi connectivity index (χ3n) is 3.43. The summed E-state index contributed by atoms with van der Waals surface area (Å²) in [5.41, 5.74) is 0. The van der Waals surface area contributed by atoms with Crippen molar-refractivity contribution in [3.63, 3.8) is 0 Å². The molecule has 2 N–H and O–H groups in total.